The topological polar surface area (TPSA) is 66.0 Å². The summed E-state index contributed by atoms with van der Waals surface area (Å²) in [4.78, 5) is 10.6. The van der Waals surface area contributed by atoms with Gasteiger partial charge in [0.25, 0.3) is 0 Å². The van der Waals surface area contributed by atoms with Gasteiger partial charge in [0.05, 0.1) is 10.2 Å². The smallest absolute Gasteiger partial charge is 0.353 e. The summed E-state index contributed by atoms with van der Waals surface area (Å²) >= 11 is 2.95. The molecule has 0 aliphatic rings. The van der Waals surface area contributed by atoms with Crippen molar-refractivity contribution < 1.29 is 18.7 Å². The molecule has 7 heteroatoms. The molecule has 2 N–H and O–H groups in total. The van der Waals surface area contributed by atoms with Crippen LogP contribution in [0.5, 0.6) is 0 Å². The number of nitrogens with zero attached hydrogens (tertiary/aromatic N) is 1. The summed E-state index contributed by atoms with van der Waals surface area (Å²) in [6.07, 6.45) is 0. The maximum Gasteiger partial charge on any atom is 0.353 e. The van der Waals surface area contributed by atoms with Crippen molar-refractivity contribution in [3.8, 4) is 11.3 Å². The van der Waals surface area contributed by atoms with Crippen molar-refractivity contribution in [2.45, 2.75) is 0 Å². The first-order valence-electron chi connectivity index (χ1n) is 4.42. The molecule has 0 saturated heterocycles. The fourth-order valence-corrected chi connectivity index (χ4v) is 1.74. The highest BCUT2D eigenvalue weighted by molar-refractivity contribution is 9.10. The molecule has 0 aliphatic carbocycles. The van der Waals surface area contributed by atoms with E-state index in [0.29, 0.717) is 0 Å². The van der Waals surface area contributed by atoms with Crippen molar-refractivity contribution >= 4 is 21.9 Å². The predicted molar refractivity (Wildman–Crippen MR) is 58.6 cm³/mol. The first-order valence-corrected chi connectivity index (χ1v) is 5.22. The number of aromatic carboxylic acids is 1. The Labute approximate surface area is 102 Å². The third-order valence-corrected chi connectivity index (χ3v) is 2.88. The number of H-pyrrole nitrogens is 1. The molecule has 2 rings (SSSR count). The third-order valence-electron chi connectivity index (χ3n) is 2.08. The molecule has 1 aromatic heterocycles. The summed E-state index contributed by atoms with van der Waals surface area (Å²) in [6.45, 7) is 0. The van der Waals surface area contributed by atoms with Gasteiger partial charge in [-0.05, 0) is 28.1 Å². The summed E-state index contributed by atoms with van der Waals surface area (Å²) in [7, 11) is 0. The van der Waals surface area contributed by atoms with Gasteiger partial charge in [0.2, 0.25) is 0 Å². The molecular formula is C10H5BrF2N2O2. The number of aromatic nitrogens is 2. The van der Waals surface area contributed by atoms with Crippen molar-refractivity contribution in [2.75, 3.05) is 0 Å². The molecule has 0 saturated carbocycles. The second-order valence-corrected chi connectivity index (χ2v) is 4.01. The van der Waals surface area contributed by atoms with E-state index in [1.807, 2.05) is 0 Å². The highest BCUT2D eigenvalue weighted by Crippen LogP contribution is 2.30. The lowest BCUT2D eigenvalue weighted by Gasteiger charge is -2.02. The van der Waals surface area contributed by atoms with Crippen LogP contribution in [-0.4, -0.2) is 21.3 Å². The average molecular weight is 303 g/mol. The average Bonchev–Trinajstić information content (AvgIpc) is 2.72. The third kappa shape index (κ3) is 2.19. The zero-order valence-electron chi connectivity index (χ0n) is 8.17. The minimum absolute atomic E-state index is 0.0299. The summed E-state index contributed by atoms with van der Waals surface area (Å²) < 4.78 is 26.3. The SMILES string of the molecule is O=C(O)c1cc(-c2cc(F)cc(F)c2Br)n[nH]1. The van der Waals surface area contributed by atoms with Crippen LogP contribution in [0.2, 0.25) is 0 Å². The molecule has 88 valence electrons. The van der Waals surface area contributed by atoms with Gasteiger partial charge in [0, 0.05) is 11.6 Å². The number of carboxylic acids is 1. The number of nitrogens with one attached hydrogen (secondary N) is 1. The van der Waals surface area contributed by atoms with E-state index in [1.54, 1.807) is 0 Å². The van der Waals surface area contributed by atoms with Crippen LogP contribution < -0.4 is 0 Å². The van der Waals surface area contributed by atoms with Crippen molar-refractivity contribution in [3.05, 3.63) is 40.0 Å². The minimum Gasteiger partial charge on any atom is -0.477 e. The lowest BCUT2D eigenvalue weighted by molar-refractivity contribution is 0.0690. The monoisotopic (exact) mass is 302 g/mol. The van der Waals surface area contributed by atoms with E-state index in [0.717, 1.165) is 12.1 Å². The molecule has 0 aliphatic heterocycles. The van der Waals surface area contributed by atoms with Crippen LogP contribution in [-0.2, 0) is 0 Å². The van der Waals surface area contributed by atoms with E-state index in [2.05, 4.69) is 26.1 Å². The largest absolute Gasteiger partial charge is 0.477 e. The van der Waals surface area contributed by atoms with Gasteiger partial charge in [-0.1, -0.05) is 0 Å². The summed E-state index contributed by atoms with van der Waals surface area (Å²) in [5, 5.41) is 14.6. The summed E-state index contributed by atoms with van der Waals surface area (Å²) in [6, 6.07) is 2.98. The quantitative estimate of drug-likeness (QED) is 0.838. The molecule has 4 nitrogen and oxygen atoms in total. The molecular weight excluding hydrogens is 298 g/mol. The molecule has 0 spiro atoms. The molecule has 1 aromatic carbocycles. The number of rotatable bonds is 2. The van der Waals surface area contributed by atoms with Gasteiger partial charge in [-0.15, -0.1) is 0 Å². The van der Waals surface area contributed by atoms with E-state index in [-0.39, 0.29) is 21.4 Å². The fourth-order valence-electron chi connectivity index (χ4n) is 1.31. The Bertz CT molecular complexity index is 598. The van der Waals surface area contributed by atoms with Gasteiger partial charge in [-0.25, -0.2) is 13.6 Å². The number of hydrogen-bond donors (Lipinski definition) is 2. The van der Waals surface area contributed by atoms with Crippen LogP contribution in [0.1, 0.15) is 10.5 Å². The van der Waals surface area contributed by atoms with Crippen LogP contribution in [0.15, 0.2) is 22.7 Å². The van der Waals surface area contributed by atoms with Crippen LogP contribution in [0.4, 0.5) is 8.78 Å². The Morgan fingerprint density at radius 2 is 2.06 bits per heavy atom. The number of hydrogen-bond acceptors (Lipinski definition) is 2. The highest BCUT2D eigenvalue weighted by atomic mass is 79.9. The minimum atomic E-state index is -1.20. The maximum absolute atomic E-state index is 13.2. The van der Waals surface area contributed by atoms with E-state index in [4.69, 9.17) is 5.11 Å². The second kappa shape index (κ2) is 4.25. The van der Waals surface area contributed by atoms with E-state index >= 15 is 0 Å². The van der Waals surface area contributed by atoms with E-state index < -0.39 is 17.6 Å². The van der Waals surface area contributed by atoms with Crippen LogP contribution in [0.3, 0.4) is 0 Å². The Hall–Kier alpha value is -1.76. The number of aromatic amines is 1. The Morgan fingerprint density at radius 3 is 2.65 bits per heavy atom. The molecule has 0 fully saturated rings. The number of carbonyl (C=O) groups is 1. The van der Waals surface area contributed by atoms with Crippen molar-refractivity contribution in [3.63, 3.8) is 0 Å². The van der Waals surface area contributed by atoms with Crippen LogP contribution in [0.25, 0.3) is 11.3 Å². The van der Waals surface area contributed by atoms with Crippen LogP contribution >= 0.6 is 15.9 Å². The molecule has 0 bridgehead atoms. The van der Waals surface area contributed by atoms with Gasteiger partial charge in [-0.3, -0.25) is 5.10 Å². The van der Waals surface area contributed by atoms with Gasteiger partial charge in [0.1, 0.15) is 17.3 Å². The number of benzene rings is 1. The van der Waals surface area contributed by atoms with Gasteiger partial charge >= 0.3 is 5.97 Å². The normalized spacial score (nSPS) is 10.5. The number of halogens is 3. The molecule has 0 amide bonds. The first-order chi connectivity index (χ1) is 7.99. The summed E-state index contributed by atoms with van der Waals surface area (Å²) in [5.41, 5.74) is 0.135. The first kappa shape index (κ1) is 11.7. The van der Waals surface area contributed by atoms with Crippen molar-refractivity contribution in [1.29, 1.82) is 0 Å². The molecule has 0 atom stereocenters. The summed E-state index contributed by atoms with van der Waals surface area (Å²) in [5.74, 6) is -2.74. The number of carboxylic acid groups (broad SMARTS) is 1. The van der Waals surface area contributed by atoms with Gasteiger partial charge < -0.3 is 5.11 Å². The standard InChI is InChI=1S/C10H5BrF2N2O2/c11-9-5(1-4(12)2-6(9)13)7-3-8(10(16)17)15-14-7/h1-3H,(H,14,15)(H,16,17). The molecule has 0 radical (unpaired) electrons. The van der Waals surface area contributed by atoms with E-state index in [9.17, 15) is 13.6 Å². The maximum atomic E-state index is 13.2. The lowest BCUT2D eigenvalue weighted by Crippen LogP contribution is -1.95. The Balaban J connectivity index is 2.56. The zero-order valence-corrected chi connectivity index (χ0v) is 9.75. The van der Waals surface area contributed by atoms with E-state index in [1.165, 1.54) is 6.07 Å². The lowest BCUT2D eigenvalue weighted by atomic mass is 10.1. The predicted octanol–water partition coefficient (Wildman–Crippen LogP) is 2.82. The molecule has 17 heavy (non-hydrogen) atoms. The zero-order chi connectivity index (χ0) is 12.6. The van der Waals surface area contributed by atoms with Crippen molar-refractivity contribution in [1.82, 2.24) is 10.2 Å². The Kier molecular flexibility index (Phi) is 2.93. The Morgan fingerprint density at radius 1 is 1.35 bits per heavy atom. The van der Waals surface area contributed by atoms with Crippen LogP contribution in [0, 0.1) is 11.6 Å². The molecule has 0 unspecified atom stereocenters. The van der Waals surface area contributed by atoms with Gasteiger partial charge in [-0.2, -0.15) is 5.10 Å². The van der Waals surface area contributed by atoms with Crippen molar-refractivity contribution in [2.24, 2.45) is 0 Å². The fraction of sp³-hybridized carbons (Fsp3) is 0. The molecule has 1 heterocycles. The highest BCUT2D eigenvalue weighted by Gasteiger charge is 2.15. The second-order valence-electron chi connectivity index (χ2n) is 3.22. The van der Waals surface area contributed by atoms with Gasteiger partial charge in [0.15, 0.2) is 0 Å². The molecule has 2 aromatic rings.